The fraction of sp³-hybridized carbons (Fsp3) is 0.192. The van der Waals surface area contributed by atoms with Crippen molar-refractivity contribution in [2.24, 2.45) is 0 Å². The van der Waals surface area contributed by atoms with Crippen molar-refractivity contribution in [2.75, 3.05) is 10.2 Å². The zero-order valence-corrected chi connectivity index (χ0v) is 19.2. The lowest BCUT2D eigenvalue weighted by atomic mass is 10.1. The van der Waals surface area contributed by atoms with Crippen LogP contribution < -0.4 is 10.2 Å². The molecule has 0 bridgehead atoms. The molecule has 4 rings (SSSR count). The van der Waals surface area contributed by atoms with Crippen LogP contribution >= 0.6 is 11.3 Å². The molecule has 0 aliphatic rings. The molecule has 0 unspecified atom stereocenters. The first-order valence-electron chi connectivity index (χ1n) is 10.5. The molecule has 4 aromatic rings. The second kappa shape index (κ2) is 9.32. The third-order valence-electron chi connectivity index (χ3n) is 5.16. The molecule has 0 spiro atoms. The predicted molar refractivity (Wildman–Crippen MR) is 131 cm³/mol. The van der Waals surface area contributed by atoms with Gasteiger partial charge in [-0.3, -0.25) is 14.5 Å². The van der Waals surface area contributed by atoms with E-state index in [9.17, 15) is 9.59 Å². The van der Waals surface area contributed by atoms with E-state index in [4.69, 9.17) is 4.98 Å². The molecule has 162 valence electrons. The third kappa shape index (κ3) is 5.03. The Labute approximate surface area is 191 Å². The van der Waals surface area contributed by atoms with E-state index in [-0.39, 0.29) is 18.2 Å². The number of thiazole rings is 1. The van der Waals surface area contributed by atoms with Gasteiger partial charge in [0.25, 0.3) is 0 Å². The number of amides is 2. The van der Waals surface area contributed by atoms with Gasteiger partial charge in [-0.15, -0.1) is 0 Å². The van der Waals surface area contributed by atoms with Gasteiger partial charge >= 0.3 is 0 Å². The Morgan fingerprint density at radius 1 is 0.969 bits per heavy atom. The Morgan fingerprint density at radius 3 is 2.38 bits per heavy atom. The van der Waals surface area contributed by atoms with E-state index in [0.29, 0.717) is 17.4 Å². The highest BCUT2D eigenvalue weighted by Gasteiger charge is 2.21. The maximum absolute atomic E-state index is 13.4. The van der Waals surface area contributed by atoms with Crippen LogP contribution in [0.2, 0.25) is 0 Å². The molecule has 3 aromatic carbocycles. The van der Waals surface area contributed by atoms with Crippen LogP contribution in [0.4, 0.5) is 10.8 Å². The van der Waals surface area contributed by atoms with Gasteiger partial charge in [-0.25, -0.2) is 4.98 Å². The average Bonchev–Trinajstić information content (AvgIpc) is 3.18. The normalized spacial score (nSPS) is 10.8. The summed E-state index contributed by atoms with van der Waals surface area (Å²) in [7, 11) is 0. The molecule has 6 heteroatoms. The lowest BCUT2D eigenvalue weighted by Crippen LogP contribution is -2.31. The summed E-state index contributed by atoms with van der Waals surface area (Å²) in [5.41, 5.74) is 5.89. The van der Waals surface area contributed by atoms with E-state index in [1.165, 1.54) is 12.5 Å². The summed E-state index contributed by atoms with van der Waals surface area (Å²) in [5.74, 6) is -0.140. The number of aromatic nitrogens is 1. The molecule has 0 fully saturated rings. The van der Waals surface area contributed by atoms with E-state index in [0.717, 1.165) is 26.9 Å². The summed E-state index contributed by atoms with van der Waals surface area (Å²) >= 11 is 1.55. The topological polar surface area (TPSA) is 62.3 Å². The standard InChI is InChI=1S/C26H25N3O2S/c1-17-13-18(2)25-23(14-17)32-26(28-25)29(16-21-7-5-4-6-8-21)24(31)15-20-9-11-22(12-10-20)27-19(3)30/h4-14H,15-16H2,1-3H3,(H,27,30). The maximum Gasteiger partial charge on any atom is 0.233 e. The smallest absolute Gasteiger partial charge is 0.233 e. The quantitative estimate of drug-likeness (QED) is 0.419. The summed E-state index contributed by atoms with van der Waals surface area (Å²) in [6.07, 6.45) is 0.251. The van der Waals surface area contributed by atoms with Crippen molar-refractivity contribution < 1.29 is 9.59 Å². The van der Waals surface area contributed by atoms with Gasteiger partial charge in [-0.2, -0.15) is 0 Å². The van der Waals surface area contributed by atoms with Crippen LogP contribution in [0.15, 0.2) is 66.7 Å². The van der Waals surface area contributed by atoms with Crippen molar-refractivity contribution in [3.8, 4) is 0 Å². The van der Waals surface area contributed by atoms with Crippen LogP contribution in [-0.4, -0.2) is 16.8 Å². The van der Waals surface area contributed by atoms with Crippen molar-refractivity contribution in [1.29, 1.82) is 0 Å². The van der Waals surface area contributed by atoms with E-state index in [1.54, 1.807) is 16.2 Å². The van der Waals surface area contributed by atoms with Crippen LogP contribution in [0.5, 0.6) is 0 Å². The number of hydrogen-bond donors (Lipinski definition) is 1. The summed E-state index contributed by atoms with van der Waals surface area (Å²) in [6, 6.07) is 21.6. The number of nitrogens with one attached hydrogen (secondary N) is 1. The van der Waals surface area contributed by atoms with Crippen LogP contribution in [0.1, 0.15) is 29.2 Å². The van der Waals surface area contributed by atoms with E-state index >= 15 is 0 Å². The number of carbonyl (C=O) groups is 2. The van der Waals surface area contributed by atoms with E-state index in [2.05, 4.69) is 31.3 Å². The molecular weight excluding hydrogens is 418 g/mol. The first-order chi connectivity index (χ1) is 15.4. The lowest BCUT2D eigenvalue weighted by Gasteiger charge is -2.20. The van der Waals surface area contributed by atoms with Gasteiger partial charge in [-0.05, 0) is 54.3 Å². The lowest BCUT2D eigenvalue weighted by molar-refractivity contribution is -0.118. The van der Waals surface area contributed by atoms with Gasteiger partial charge in [0.1, 0.15) is 0 Å². The predicted octanol–water partition coefficient (Wildman–Crippen LogP) is 5.65. The van der Waals surface area contributed by atoms with Crippen LogP contribution in [0.3, 0.4) is 0 Å². The second-order valence-corrected chi connectivity index (χ2v) is 8.95. The molecule has 1 heterocycles. The zero-order valence-electron chi connectivity index (χ0n) is 18.4. The van der Waals surface area contributed by atoms with Crippen molar-refractivity contribution in [2.45, 2.75) is 33.7 Å². The van der Waals surface area contributed by atoms with Crippen LogP contribution in [-0.2, 0) is 22.6 Å². The molecule has 0 atom stereocenters. The summed E-state index contributed by atoms with van der Waals surface area (Å²) in [5, 5.41) is 3.45. The number of anilines is 2. The summed E-state index contributed by atoms with van der Waals surface area (Å²) in [4.78, 5) is 31.3. The highest BCUT2D eigenvalue weighted by molar-refractivity contribution is 7.22. The molecule has 0 aliphatic heterocycles. The fourth-order valence-corrected chi connectivity index (χ4v) is 4.84. The highest BCUT2D eigenvalue weighted by Crippen LogP contribution is 2.33. The minimum absolute atomic E-state index is 0.0189. The molecule has 0 aliphatic carbocycles. The van der Waals surface area contributed by atoms with Gasteiger partial charge in [0.05, 0.1) is 23.2 Å². The zero-order chi connectivity index (χ0) is 22.7. The molecular formula is C26H25N3O2S. The number of carbonyl (C=O) groups excluding carboxylic acids is 2. The monoisotopic (exact) mass is 443 g/mol. The Kier molecular flexibility index (Phi) is 6.32. The van der Waals surface area contributed by atoms with Crippen molar-refractivity contribution in [1.82, 2.24) is 4.98 Å². The van der Waals surface area contributed by atoms with Crippen LogP contribution in [0, 0.1) is 13.8 Å². The summed E-state index contributed by atoms with van der Waals surface area (Å²) in [6.45, 7) is 6.06. The molecule has 0 radical (unpaired) electrons. The molecule has 1 aromatic heterocycles. The van der Waals surface area contributed by atoms with Crippen molar-refractivity contribution >= 4 is 44.2 Å². The van der Waals surface area contributed by atoms with Gasteiger partial charge < -0.3 is 5.32 Å². The van der Waals surface area contributed by atoms with Crippen molar-refractivity contribution in [3.05, 3.63) is 89.0 Å². The van der Waals surface area contributed by atoms with Crippen LogP contribution in [0.25, 0.3) is 10.2 Å². The Hall–Kier alpha value is -3.51. The second-order valence-electron chi connectivity index (χ2n) is 7.95. The number of fused-ring (bicyclic) bond motifs is 1. The van der Waals surface area contributed by atoms with Gasteiger partial charge in [0.2, 0.25) is 11.8 Å². The average molecular weight is 444 g/mol. The Balaban J connectivity index is 1.64. The number of nitrogens with zero attached hydrogens (tertiary/aromatic N) is 2. The SMILES string of the molecule is CC(=O)Nc1ccc(CC(=O)N(Cc2ccccc2)c2nc3c(C)cc(C)cc3s2)cc1. The highest BCUT2D eigenvalue weighted by atomic mass is 32.1. The third-order valence-corrected chi connectivity index (χ3v) is 6.19. The first kappa shape index (κ1) is 21.7. The number of aryl methyl sites for hydroxylation is 2. The molecule has 0 saturated carbocycles. The maximum atomic E-state index is 13.4. The van der Waals surface area contributed by atoms with Crippen molar-refractivity contribution in [3.63, 3.8) is 0 Å². The minimum atomic E-state index is -0.121. The van der Waals surface area contributed by atoms with Gasteiger partial charge in [0, 0.05) is 12.6 Å². The Bertz CT molecular complexity index is 1260. The van der Waals surface area contributed by atoms with E-state index in [1.807, 2.05) is 54.6 Å². The molecule has 5 nitrogen and oxygen atoms in total. The van der Waals surface area contributed by atoms with Gasteiger partial charge in [0.15, 0.2) is 5.13 Å². The molecule has 1 N–H and O–H groups in total. The number of rotatable bonds is 6. The number of benzene rings is 3. The van der Waals surface area contributed by atoms with E-state index < -0.39 is 0 Å². The first-order valence-corrected chi connectivity index (χ1v) is 11.3. The fourth-order valence-electron chi connectivity index (χ4n) is 3.68. The minimum Gasteiger partial charge on any atom is -0.326 e. The largest absolute Gasteiger partial charge is 0.326 e. The number of hydrogen-bond acceptors (Lipinski definition) is 4. The Morgan fingerprint density at radius 2 is 1.69 bits per heavy atom. The molecule has 0 saturated heterocycles. The summed E-state index contributed by atoms with van der Waals surface area (Å²) < 4.78 is 1.09. The van der Waals surface area contributed by atoms with Gasteiger partial charge in [-0.1, -0.05) is 59.9 Å². The molecule has 2 amide bonds. The molecule has 32 heavy (non-hydrogen) atoms.